The third-order valence-corrected chi connectivity index (χ3v) is 4.22. The Labute approximate surface area is 124 Å². The lowest BCUT2D eigenvalue weighted by molar-refractivity contribution is 0.0693. The normalized spacial score (nSPS) is 15.3. The van der Waals surface area contributed by atoms with E-state index in [0.29, 0.717) is 16.8 Å². The van der Waals surface area contributed by atoms with E-state index in [4.69, 9.17) is 21.4 Å². The second-order valence-electron chi connectivity index (χ2n) is 5.03. The number of hydrogen-bond donors (Lipinski definition) is 1. The first-order chi connectivity index (χ1) is 9.58. The maximum absolute atomic E-state index is 11.2. The zero-order chi connectivity index (χ0) is 14.7. The summed E-state index contributed by atoms with van der Waals surface area (Å²) in [6, 6.07) is 3.71. The highest BCUT2D eigenvalue weighted by atomic mass is 35.5. The Balaban J connectivity index is 2.41. The van der Waals surface area contributed by atoms with Crippen LogP contribution in [0.2, 0.25) is 5.02 Å². The van der Waals surface area contributed by atoms with Crippen LogP contribution in [0, 0.1) is 0 Å². The van der Waals surface area contributed by atoms with Crippen LogP contribution in [-0.4, -0.2) is 30.8 Å². The molecule has 0 unspecified atom stereocenters. The zero-order valence-electron chi connectivity index (χ0n) is 11.9. The quantitative estimate of drug-likeness (QED) is 0.897. The van der Waals surface area contributed by atoms with Gasteiger partial charge in [-0.2, -0.15) is 0 Å². The van der Waals surface area contributed by atoms with E-state index in [1.165, 1.54) is 26.0 Å². The molecule has 2 rings (SSSR count). The lowest BCUT2D eigenvalue weighted by atomic mass is 10.1. The van der Waals surface area contributed by atoms with Crippen molar-refractivity contribution in [1.29, 1.82) is 0 Å². The molecule has 1 N–H and O–H groups in total. The summed E-state index contributed by atoms with van der Waals surface area (Å²) in [5.74, 6) is -0.674. The summed E-state index contributed by atoms with van der Waals surface area (Å²) in [5.41, 5.74) is 0.964. The van der Waals surface area contributed by atoms with Crippen molar-refractivity contribution in [3.63, 3.8) is 0 Å². The summed E-state index contributed by atoms with van der Waals surface area (Å²) in [6.07, 6.45) is 4.80. The number of aromatic carboxylic acids is 1. The maximum Gasteiger partial charge on any atom is 0.339 e. The third-order valence-electron chi connectivity index (χ3n) is 3.91. The van der Waals surface area contributed by atoms with Crippen LogP contribution >= 0.6 is 11.6 Å². The first-order valence-corrected chi connectivity index (χ1v) is 7.33. The van der Waals surface area contributed by atoms with Crippen LogP contribution < -0.4 is 9.64 Å². The van der Waals surface area contributed by atoms with E-state index in [1.807, 2.05) is 0 Å². The molecule has 0 heterocycles. The van der Waals surface area contributed by atoms with Gasteiger partial charge in [-0.1, -0.05) is 24.4 Å². The first-order valence-electron chi connectivity index (χ1n) is 6.96. The van der Waals surface area contributed by atoms with Gasteiger partial charge in [0.25, 0.3) is 0 Å². The number of hydrogen-bond acceptors (Lipinski definition) is 3. The zero-order valence-corrected chi connectivity index (χ0v) is 12.6. The van der Waals surface area contributed by atoms with Gasteiger partial charge in [-0.3, -0.25) is 0 Å². The minimum Gasteiger partial charge on any atom is -0.496 e. The topological polar surface area (TPSA) is 49.8 Å². The van der Waals surface area contributed by atoms with Crippen molar-refractivity contribution >= 4 is 23.3 Å². The van der Waals surface area contributed by atoms with E-state index in [1.54, 1.807) is 6.07 Å². The van der Waals surface area contributed by atoms with Crippen LogP contribution in [-0.2, 0) is 0 Å². The van der Waals surface area contributed by atoms with Crippen molar-refractivity contribution in [1.82, 2.24) is 0 Å². The fourth-order valence-corrected chi connectivity index (χ4v) is 3.21. The molecule has 0 amide bonds. The average Bonchev–Trinajstić information content (AvgIpc) is 2.94. The number of nitrogens with zero attached hydrogens (tertiary/aromatic N) is 1. The minimum atomic E-state index is -1.03. The van der Waals surface area contributed by atoms with Gasteiger partial charge in [0.05, 0.1) is 17.8 Å². The van der Waals surface area contributed by atoms with Gasteiger partial charge in [0.2, 0.25) is 0 Å². The lowest BCUT2D eigenvalue weighted by Gasteiger charge is -2.31. The second-order valence-corrected chi connectivity index (χ2v) is 5.44. The van der Waals surface area contributed by atoms with Crippen LogP contribution in [0.1, 0.15) is 43.0 Å². The Morgan fingerprint density at radius 1 is 1.45 bits per heavy atom. The molecule has 0 aromatic heterocycles. The molecule has 1 aliphatic rings. The molecular formula is C15H20ClNO3. The van der Waals surface area contributed by atoms with Crippen molar-refractivity contribution in [2.45, 2.75) is 38.6 Å². The molecular weight excluding hydrogens is 278 g/mol. The average molecular weight is 298 g/mol. The lowest BCUT2D eigenvalue weighted by Crippen LogP contribution is -2.33. The predicted molar refractivity (Wildman–Crippen MR) is 80.2 cm³/mol. The molecule has 1 aromatic rings. The van der Waals surface area contributed by atoms with Crippen molar-refractivity contribution in [2.75, 3.05) is 18.6 Å². The van der Waals surface area contributed by atoms with Gasteiger partial charge in [-0.15, -0.1) is 0 Å². The first kappa shape index (κ1) is 15.0. The number of rotatable bonds is 5. The van der Waals surface area contributed by atoms with Gasteiger partial charge in [-0.05, 0) is 25.8 Å². The number of anilines is 1. The van der Waals surface area contributed by atoms with Crippen LogP contribution in [0.25, 0.3) is 0 Å². The van der Waals surface area contributed by atoms with Crippen LogP contribution in [0.4, 0.5) is 5.69 Å². The molecule has 20 heavy (non-hydrogen) atoms. The summed E-state index contributed by atoms with van der Waals surface area (Å²) >= 11 is 6.29. The van der Waals surface area contributed by atoms with Crippen LogP contribution in [0.15, 0.2) is 12.1 Å². The Hall–Kier alpha value is -1.42. The number of carbonyl (C=O) groups is 1. The van der Waals surface area contributed by atoms with E-state index < -0.39 is 5.97 Å². The van der Waals surface area contributed by atoms with Gasteiger partial charge in [0.1, 0.15) is 11.3 Å². The fourth-order valence-electron chi connectivity index (χ4n) is 2.94. The fraction of sp³-hybridized carbons (Fsp3) is 0.533. The minimum absolute atomic E-state index is 0.101. The van der Waals surface area contributed by atoms with Crippen molar-refractivity contribution < 1.29 is 14.6 Å². The second kappa shape index (κ2) is 6.35. The molecule has 4 nitrogen and oxygen atoms in total. The largest absolute Gasteiger partial charge is 0.496 e. The molecule has 0 aliphatic heterocycles. The number of methoxy groups -OCH3 is 1. The number of benzene rings is 1. The van der Waals surface area contributed by atoms with E-state index >= 15 is 0 Å². The Bertz CT molecular complexity index is 498. The van der Waals surface area contributed by atoms with E-state index in [9.17, 15) is 4.79 Å². The van der Waals surface area contributed by atoms with E-state index in [-0.39, 0.29) is 5.56 Å². The highest BCUT2D eigenvalue weighted by molar-refractivity contribution is 6.33. The molecule has 110 valence electrons. The summed E-state index contributed by atoms with van der Waals surface area (Å²) in [7, 11) is 1.48. The number of ether oxygens (including phenoxy) is 1. The van der Waals surface area contributed by atoms with E-state index in [0.717, 1.165) is 25.1 Å². The Morgan fingerprint density at radius 2 is 2.10 bits per heavy atom. The van der Waals surface area contributed by atoms with Crippen molar-refractivity contribution in [3.8, 4) is 5.75 Å². The summed E-state index contributed by atoms with van der Waals surface area (Å²) in [5, 5.41) is 9.64. The highest BCUT2D eigenvalue weighted by Crippen LogP contribution is 2.37. The summed E-state index contributed by atoms with van der Waals surface area (Å²) < 4.78 is 5.19. The van der Waals surface area contributed by atoms with Gasteiger partial charge in [0.15, 0.2) is 0 Å². The monoisotopic (exact) mass is 297 g/mol. The molecule has 5 heteroatoms. The standard InChI is InChI=1S/C15H20ClNO3/c1-3-17(10-6-4-5-7-10)13-9-14(20-2)11(15(18)19)8-12(13)16/h8-10H,3-7H2,1-2H3,(H,18,19). The maximum atomic E-state index is 11.2. The molecule has 0 saturated heterocycles. The van der Waals surface area contributed by atoms with Crippen molar-refractivity contribution in [3.05, 3.63) is 22.7 Å². The predicted octanol–water partition coefficient (Wildman–Crippen LogP) is 3.82. The number of carboxylic acids is 1. The highest BCUT2D eigenvalue weighted by Gasteiger charge is 2.25. The molecule has 1 fully saturated rings. The molecule has 0 radical (unpaired) electrons. The van der Waals surface area contributed by atoms with E-state index in [2.05, 4.69) is 11.8 Å². The molecule has 1 aromatic carbocycles. The molecule has 0 bridgehead atoms. The number of carboxylic acid groups (broad SMARTS) is 1. The summed E-state index contributed by atoms with van der Waals surface area (Å²) in [6.45, 7) is 2.94. The molecule has 1 saturated carbocycles. The SMILES string of the molecule is CCN(c1cc(OC)c(C(=O)O)cc1Cl)C1CCCC1. The van der Waals surface area contributed by atoms with Gasteiger partial charge >= 0.3 is 5.97 Å². The van der Waals surface area contributed by atoms with Gasteiger partial charge < -0.3 is 14.7 Å². The molecule has 0 spiro atoms. The Kier molecular flexibility index (Phi) is 4.76. The smallest absolute Gasteiger partial charge is 0.339 e. The van der Waals surface area contributed by atoms with Crippen molar-refractivity contribution in [2.24, 2.45) is 0 Å². The van der Waals surface area contributed by atoms with Gasteiger partial charge in [0, 0.05) is 18.7 Å². The molecule has 0 atom stereocenters. The number of halogens is 1. The third kappa shape index (κ3) is 2.85. The van der Waals surface area contributed by atoms with Gasteiger partial charge in [-0.25, -0.2) is 4.79 Å². The van der Waals surface area contributed by atoms with Crippen LogP contribution in [0.3, 0.4) is 0 Å². The van der Waals surface area contributed by atoms with Crippen LogP contribution in [0.5, 0.6) is 5.75 Å². The Morgan fingerprint density at radius 3 is 2.60 bits per heavy atom. The molecule has 1 aliphatic carbocycles. The summed E-state index contributed by atoms with van der Waals surface area (Å²) in [4.78, 5) is 13.4.